The highest BCUT2D eigenvalue weighted by molar-refractivity contribution is 5.27. The number of hydrogen-bond donors (Lipinski definition) is 1. The molecule has 1 aromatic rings. The van der Waals surface area contributed by atoms with E-state index in [9.17, 15) is 0 Å². The summed E-state index contributed by atoms with van der Waals surface area (Å²) >= 11 is 0. The Morgan fingerprint density at radius 3 is 2.78 bits per heavy atom. The lowest BCUT2D eigenvalue weighted by atomic mass is 10.0. The Bertz CT molecular complexity index is 448. The van der Waals surface area contributed by atoms with Gasteiger partial charge in [0.05, 0.1) is 18.3 Å². The quantitative estimate of drug-likeness (QED) is 0.885. The topological polar surface area (TPSA) is 39.1 Å². The maximum atomic E-state index is 5.76. The molecule has 2 rings (SSSR count). The van der Waals surface area contributed by atoms with E-state index in [0.717, 1.165) is 37.3 Å². The maximum Gasteiger partial charge on any atom is 0.109 e. The SMILES string of the molecule is CNC(Cc1c(C)nn(C)c1C)C1=CCCCO1. The van der Waals surface area contributed by atoms with E-state index in [1.54, 1.807) is 0 Å². The van der Waals surface area contributed by atoms with Crippen LogP contribution in [0, 0.1) is 13.8 Å². The van der Waals surface area contributed by atoms with E-state index < -0.39 is 0 Å². The van der Waals surface area contributed by atoms with Gasteiger partial charge in [-0.05, 0) is 51.8 Å². The summed E-state index contributed by atoms with van der Waals surface area (Å²) in [5.41, 5.74) is 3.68. The van der Waals surface area contributed by atoms with Gasteiger partial charge in [0.1, 0.15) is 5.76 Å². The van der Waals surface area contributed by atoms with Gasteiger partial charge in [-0.1, -0.05) is 0 Å². The normalized spacial score (nSPS) is 17.2. The van der Waals surface area contributed by atoms with Gasteiger partial charge in [0, 0.05) is 12.7 Å². The third-order valence-corrected chi connectivity index (χ3v) is 3.72. The molecule has 1 aromatic heterocycles. The summed E-state index contributed by atoms with van der Waals surface area (Å²) < 4.78 is 7.71. The fraction of sp³-hybridized carbons (Fsp3) is 0.643. The van der Waals surface area contributed by atoms with E-state index in [1.807, 2.05) is 18.8 Å². The second-order valence-electron chi connectivity index (χ2n) is 4.92. The minimum atomic E-state index is 0.256. The predicted octanol–water partition coefficient (Wildman–Crippen LogP) is 1.86. The Morgan fingerprint density at radius 1 is 1.50 bits per heavy atom. The molecular weight excluding hydrogens is 226 g/mol. The van der Waals surface area contributed by atoms with E-state index in [2.05, 4.69) is 30.3 Å². The molecule has 0 saturated carbocycles. The number of nitrogens with zero attached hydrogens (tertiary/aromatic N) is 2. The van der Waals surface area contributed by atoms with Gasteiger partial charge >= 0.3 is 0 Å². The van der Waals surface area contributed by atoms with Crippen LogP contribution in [0.1, 0.15) is 29.8 Å². The molecule has 0 spiro atoms. The number of hydrogen-bond acceptors (Lipinski definition) is 3. The lowest BCUT2D eigenvalue weighted by molar-refractivity contribution is 0.169. The van der Waals surface area contributed by atoms with Crippen LogP contribution in [0.5, 0.6) is 0 Å². The highest BCUT2D eigenvalue weighted by atomic mass is 16.5. The summed E-state index contributed by atoms with van der Waals surface area (Å²) in [5, 5.41) is 7.83. The molecular formula is C14H23N3O. The first-order chi connectivity index (χ1) is 8.63. The number of ether oxygens (including phenoxy) is 1. The third-order valence-electron chi connectivity index (χ3n) is 3.72. The van der Waals surface area contributed by atoms with Crippen molar-refractivity contribution in [1.82, 2.24) is 15.1 Å². The molecule has 4 nitrogen and oxygen atoms in total. The van der Waals surface area contributed by atoms with E-state index in [1.165, 1.54) is 11.3 Å². The van der Waals surface area contributed by atoms with Crippen LogP contribution in [0.15, 0.2) is 11.8 Å². The molecule has 2 heterocycles. The van der Waals surface area contributed by atoms with E-state index in [-0.39, 0.29) is 6.04 Å². The molecule has 0 aromatic carbocycles. The predicted molar refractivity (Wildman–Crippen MR) is 72.5 cm³/mol. The van der Waals surface area contributed by atoms with Crippen LogP contribution >= 0.6 is 0 Å². The van der Waals surface area contributed by atoms with Crippen molar-refractivity contribution in [2.24, 2.45) is 7.05 Å². The largest absolute Gasteiger partial charge is 0.497 e. The number of aryl methyl sites for hydroxylation is 2. The number of likely N-dealkylation sites (N-methyl/N-ethyl adjacent to an activating group) is 1. The number of rotatable bonds is 4. The molecule has 0 amide bonds. The molecule has 0 fully saturated rings. The lowest BCUT2D eigenvalue weighted by Gasteiger charge is -2.23. The minimum absolute atomic E-state index is 0.256. The molecule has 0 bridgehead atoms. The summed E-state index contributed by atoms with van der Waals surface area (Å²) in [6, 6.07) is 0.256. The first-order valence-electron chi connectivity index (χ1n) is 6.62. The van der Waals surface area contributed by atoms with Crippen molar-refractivity contribution in [2.75, 3.05) is 13.7 Å². The maximum absolute atomic E-state index is 5.76. The average molecular weight is 249 g/mol. The van der Waals surface area contributed by atoms with Gasteiger partial charge < -0.3 is 10.1 Å². The highest BCUT2D eigenvalue weighted by Crippen LogP contribution is 2.20. The van der Waals surface area contributed by atoms with Crippen LogP contribution in [0.4, 0.5) is 0 Å². The number of nitrogens with one attached hydrogen (secondary N) is 1. The molecule has 18 heavy (non-hydrogen) atoms. The van der Waals surface area contributed by atoms with Gasteiger partial charge in [-0.15, -0.1) is 0 Å². The van der Waals surface area contributed by atoms with Gasteiger partial charge in [0.15, 0.2) is 0 Å². The van der Waals surface area contributed by atoms with Crippen molar-refractivity contribution in [3.05, 3.63) is 28.8 Å². The van der Waals surface area contributed by atoms with Crippen LogP contribution in [0.3, 0.4) is 0 Å². The fourth-order valence-corrected chi connectivity index (χ4v) is 2.48. The summed E-state index contributed by atoms with van der Waals surface area (Å²) in [5.74, 6) is 1.09. The Kier molecular flexibility index (Phi) is 4.07. The second kappa shape index (κ2) is 5.57. The van der Waals surface area contributed by atoms with Crippen molar-refractivity contribution in [3.63, 3.8) is 0 Å². The van der Waals surface area contributed by atoms with Crippen LogP contribution in [-0.2, 0) is 18.2 Å². The van der Waals surface area contributed by atoms with Gasteiger partial charge in [-0.2, -0.15) is 5.10 Å². The summed E-state index contributed by atoms with van der Waals surface area (Å²) in [4.78, 5) is 0. The molecule has 1 aliphatic rings. The monoisotopic (exact) mass is 249 g/mol. The molecule has 4 heteroatoms. The lowest BCUT2D eigenvalue weighted by Crippen LogP contribution is -2.32. The first kappa shape index (κ1) is 13.1. The van der Waals surface area contributed by atoms with E-state index in [0.29, 0.717) is 0 Å². The molecule has 0 radical (unpaired) electrons. The zero-order valence-electron chi connectivity index (χ0n) is 11.8. The van der Waals surface area contributed by atoms with Crippen molar-refractivity contribution in [2.45, 2.75) is 39.2 Å². The Labute approximate surface area is 109 Å². The van der Waals surface area contributed by atoms with Gasteiger partial charge in [0.25, 0.3) is 0 Å². The molecule has 0 aliphatic carbocycles. The molecule has 1 atom stereocenters. The molecule has 100 valence electrons. The first-order valence-corrected chi connectivity index (χ1v) is 6.62. The average Bonchev–Trinajstić information content (AvgIpc) is 2.62. The second-order valence-corrected chi connectivity index (χ2v) is 4.92. The number of aromatic nitrogens is 2. The van der Waals surface area contributed by atoms with Crippen LogP contribution in [0.2, 0.25) is 0 Å². The van der Waals surface area contributed by atoms with Crippen LogP contribution < -0.4 is 5.32 Å². The summed E-state index contributed by atoms with van der Waals surface area (Å²) in [7, 11) is 3.99. The van der Waals surface area contributed by atoms with Crippen LogP contribution in [-0.4, -0.2) is 29.5 Å². The zero-order chi connectivity index (χ0) is 13.1. The minimum Gasteiger partial charge on any atom is -0.497 e. The van der Waals surface area contributed by atoms with Gasteiger partial charge in [-0.25, -0.2) is 0 Å². The molecule has 0 saturated heterocycles. The zero-order valence-corrected chi connectivity index (χ0v) is 11.8. The Balaban J connectivity index is 2.17. The molecule has 1 aliphatic heterocycles. The number of allylic oxidation sites excluding steroid dienone is 1. The summed E-state index contributed by atoms with van der Waals surface area (Å²) in [6.45, 7) is 5.04. The van der Waals surface area contributed by atoms with Gasteiger partial charge in [0.2, 0.25) is 0 Å². The smallest absolute Gasteiger partial charge is 0.109 e. The van der Waals surface area contributed by atoms with Crippen LogP contribution in [0.25, 0.3) is 0 Å². The highest BCUT2D eigenvalue weighted by Gasteiger charge is 2.20. The van der Waals surface area contributed by atoms with E-state index in [4.69, 9.17) is 4.74 Å². The fourth-order valence-electron chi connectivity index (χ4n) is 2.48. The third kappa shape index (κ3) is 2.58. The molecule has 1 unspecified atom stereocenters. The van der Waals surface area contributed by atoms with Crippen molar-refractivity contribution in [3.8, 4) is 0 Å². The Hall–Kier alpha value is -1.29. The van der Waals surface area contributed by atoms with Crippen molar-refractivity contribution in [1.29, 1.82) is 0 Å². The van der Waals surface area contributed by atoms with Crippen molar-refractivity contribution < 1.29 is 4.74 Å². The van der Waals surface area contributed by atoms with Crippen molar-refractivity contribution >= 4 is 0 Å². The summed E-state index contributed by atoms with van der Waals surface area (Å²) in [6.07, 6.45) is 5.41. The Morgan fingerprint density at radius 2 is 2.28 bits per heavy atom. The van der Waals surface area contributed by atoms with E-state index >= 15 is 0 Å². The van der Waals surface area contributed by atoms with Gasteiger partial charge in [-0.3, -0.25) is 4.68 Å². The standard InChI is InChI=1S/C14H23N3O/c1-10-12(11(2)17(4)16-10)9-13(15-3)14-7-5-6-8-18-14/h7,13,15H,5-6,8-9H2,1-4H3. The molecule has 1 N–H and O–H groups in total.